The van der Waals surface area contributed by atoms with E-state index in [4.69, 9.17) is 9.47 Å². The summed E-state index contributed by atoms with van der Waals surface area (Å²) >= 11 is 0. The molecule has 0 amide bonds. The van der Waals surface area contributed by atoms with Crippen LogP contribution < -0.4 is 4.74 Å². The van der Waals surface area contributed by atoms with Gasteiger partial charge in [0.2, 0.25) is 0 Å². The van der Waals surface area contributed by atoms with Crippen molar-refractivity contribution >= 4 is 0 Å². The van der Waals surface area contributed by atoms with Crippen molar-refractivity contribution < 1.29 is 9.47 Å². The van der Waals surface area contributed by atoms with Crippen LogP contribution in [0.5, 0.6) is 5.75 Å². The predicted molar refractivity (Wildman–Crippen MR) is 88.3 cm³/mol. The van der Waals surface area contributed by atoms with Gasteiger partial charge in [-0.3, -0.25) is 0 Å². The van der Waals surface area contributed by atoms with Gasteiger partial charge in [0, 0.05) is 5.56 Å². The molecule has 0 aliphatic carbocycles. The van der Waals surface area contributed by atoms with Gasteiger partial charge in [0.05, 0.1) is 13.7 Å². The third kappa shape index (κ3) is 8.30. The molecule has 0 heterocycles. The zero-order chi connectivity index (χ0) is 15.5. The van der Waals surface area contributed by atoms with Crippen LogP contribution in [0.3, 0.4) is 0 Å². The third-order valence-electron chi connectivity index (χ3n) is 3.51. The van der Waals surface area contributed by atoms with Crippen molar-refractivity contribution in [2.45, 2.75) is 46.5 Å². The van der Waals surface area contributed by atoms with Crippen LogP contribution in [0.1, 0.15) is 52.0 Å². The van der Waals surface area contributed by atoms with Crippen LogP contribution in [0.4, 0.5) is 0 Å². The molecule has 1 unspecified atom stereocenters. The van der Waals surface area contributed by atoms with Gasteiger partial charge >= 0.3 is 0 Å². The fourth-order valence-electron chi connectivity index (χ4n) is 2.14. The molecule has 0 radical (unpaired) electrons. The largest absolute Gasteiger partial charge is 0.494 e. The van der Waals surface area contributed by atoms with E-state index in [0.717, 1.165) is 36.2 Å². The third-order valence-corrected chi connectivity index (χ3v) is 3.51. The number of ether oxygens (including phenoxy) is 2. The minimum atomic E-state index is 0.732. The zero-order valence-corrected chi connectivity index (χ0v) is 13.8. The summed E-state index contributed by atoms with van der Waals surface area (Å²) in [5.41, 5.74) is 0.936. The Hall–Kier alpha value is -1.62. The van der Waals surface area contributed by atoms with Crippen molar-refractivity contribution in [3.63, 3.8) is 0 Å². The van der Waals surface area contributed by atoms with Crippen LogP contribution in [-0.4, -0.2) is 13.7 Å². The van der Waals surface area contributed by atoms with E-state index in [1.54, 1.807) is 7.11 Å². The first kappa shape index (κ1) is 17.4. The fourth-order valence-corrected chi connectivity index (χ4v) is 2.14. The minimum absolute atomic E-state index is 0.732. The summed E-state index contributed by atoms with van der Waals surface area (Å²) in [5, 5.41) is 0. The van der Waals surface area contributed by atoms with Crippen molar-refractivity contribution in [2.24, 2.45) is 11.8 Å². The van der Waals surface area contributed by atoms with E-state index in [1.807, 2.05) is 24.3 Å². The summed E-state index contributed by atoms with van der Waals surface area (Å²) in [4.78, 5) is 0. The number of hydrogen-bond donors (Lipinski definition) is 0. The lowest BCUT2D eigenvalue weighted by Crippen LogP contribution is -2.04. The van der Waals surface area contributed by atoms with Crippen LogP contribution in [0, 0.1) is 23.9 Å². The van der Waals surface area contributed by atoms with Crippen molar-refractivity contribution in [1.82, 2.24) is 0 Å². The number of rotatable bonds is 8. The first-order chi connectivity index (χ1) is 10.1. The van der Waals surface area contributed by atoms with E-state index in [1.165, 1.54) is 19.3 Å². The molecule has 0 fully saturated rings. The minimum Gasteiger partial charge on any atom is -0.494 e. The standard InChI is InChI=1S/C19H28O2/c1-16(2)6-5-7-17(3)12-15-21-19-10-8-18(9-11-19)13-14-20-4/h8-11,16-17H,5-7,12,15H2,1-4H3. The molecular formula is C19H28O2. The highest BCUT2D eigenvalue weighted by Gasteiger charge is 2.04. The Bertz CT molecular complexity index is 437. The Morgan fingerprint density at radius 2 is 1.71 bits per heavy atom. The number of methoxy groups -OCH3 is 1. The van der Waals surface area contributed by atoms with E-state index in [2.05, 4.69) is 32.8 Å². The SMILES string of the molecule is COC#Cc1ccc(OCCC(C)CCCC(C)C)cc1. The van der Waals surface area contributed by atoms with Crippen molar-refractivity contribution in [1.29, 1.82) is 0 Å². The monoisotopic (exact) mass is 288 g/mol. The zero-order valence-electron chi connectivity index (χ0n) is 13.8. The molecule has 0 spiro atoms. The molecule has 116 valence electrons. The molecular weight excluding hydrogens is 260 g/mol. The Morgan fingerprint density at radius 1 is 1.00 bits per heavy atom. The van der Waals surface area contributed by atoms with Gasteiger partial charge in [0.25, 0.3) is 0 Å². The Labute approximate surface area is 129 Å². The second-order valence-corrected chi connectivity index (χ2v) is 6.02. The molecule has 21 heavy (non-hydrogen) atoms. The number of hydrogen-bond acceptors (Lipinski definition) is 2. The topological polar surface area (TPSA) is 18.5 Å². The van der Waals surface area contributed by atoms with Gasteiger partial charge in [-0.2, -0.15) is 0 Å². The molecule has 2 nitrogen and oxygen atoms in total. The Balaban J connectivity index is 2.22. The highest BCUT2D eigenvalue weighted by molar-refractivity contribution is 5.37. The summed E-state index contributed by atoms with van der Waals surface area (Å²) in [6.45, 7) is 7.67. The summed E-state index contributed by atoms with van der Waals surface area (Å²) in [6.07, 6.45) is 7.65. The molecule has 0 aliphatic rings. The fraction of sp³-hybridized carbons (Fsp3) is 0.579. The van der Waals surface area contributed by atoms with Gasteiger partial charge in [-0.25, -0.2) is 0 Å². The lowest BCUT2D eigenvalue weighted by atomic mass is 9.98. The van der Waals surface area contributed by atoms with Crippen molar-refractivity contribution in [3.8, 4) is 17.8 Å². The van der Waals surface area contributed by atoms with Crippen LogP contribution in [0.25, 0.3) is 0 Å². The van der Waals surface area contributed by atoms with E-state index in [0.29, 0.717) is 0 Å². The first-order valence-corrected chi connectivity index (χ1v) is 7.88. The molecule has 1 aromatic carbocycles. The molecule has 0 N–H and O–H groups in total. The molecule has 1 rings (SSSR count). The molecule has 2 heteroatoms. The van der Waals surface area contributed by atoms with Gasteiger partial charge in [-0.15, -0.1) is 0 Å². The summed E-state index contributed by atoms with van der Waals surface area (Å²) in [5.74, 6) is 5.36. The summed E-state index contributed by atoms with van der Waals surface area (Å²) < 4.78 is 10.5. The molecule has 0 aliphatic heterocycles. The van der Waals surface area contributed by atoms with Gasteiger partial charge in [0.1, 0.15) is 11.9 Å². The normalized spacial score (nSPS) is 11.7. The van der Waals surface area contributed by atoms with Gasteiger partial charge < -0.3 is 9.47 Å². The summed E-state index contributed by atoms with van der Waals surface area (Å²) in [6, 6.07) is 7.83. The maximum atomic E-state index is 5.78. The van der Waals surface area contributed by atoms with Crippen molar-refractivity contribution in [3.05, 3.63) is 29.8 Å². The summed E-state index contributed by atoms with van der Waals surface area (Å²) in [7, 11) is 1.56. The lowest BCUT2D eigenvalue weighted by Gasteiger charge is -2.13. The van der Waals surface area contributed by atoms with Crippen molar-refractivity contribution in [2.75, 3.05) is 13.7 Å². The maximum Gasteiger partial charge on any atom is 0.119 e. The molecule has 0 aromatic heterocycles. The Morgan fingerprint density at radius 3 is 2.33 bits per heavy atom. The predicted octanol–water partition coefficient (Wildman–Crippen LogP) is 4.87. The van der Waals surface area contributed by atoms with E-state index >= 15 is 0 Å². The highest BCUT2D eigenvalue weighted by atomic mass is 16.5. The average Bonchev–Trinajstić information content (AvgIpc) is 2.46. The van der Waals surface area contributed by atoms with E-state index < -0.39 is 0 Å². The average molecular weight is 288 g/mol. The molecule has 0 saturated heterocycles. The van der Waals surface area contributed by atoms with Crippen LogP contribution in [0.2, 0.25) is 0 Å². The molecule has 0 saturated carbocycles. The van der Waals surface area contributed by atoms with Crippen LogP contribution in [-0.2, 0) is 4.74 Å². The van der Waals surface area contributed by atoms with E-state index in [-0.39, 0.29) is 0 Å². The first-order valence-electron chi connectivity index (χ1n) is 7.88. The molecule has 1 aromatic rings. The van der Waals surface area contributed by atoms with Gasteiger partial charge in [-0.05, 0) is 48.4 Å². The molecule has 1 atom stereocenters. The number of benzene rings is 1. The highest BCUT2D eigenvalue weighted by Crippen LogP contribution is 2.17. The van der Waals surface area contributed by atoms with E-state index in [9.17, 15) is 0 Å². The van der Waals surface area contributed by atoms with Gasteiger partial charge in [0.15, 0.2) is 0 Å². The molecule has 0 bridgehead atoms. The lowest BCUT2D eigenvalue weighted by molar-refractivity contribution is 0.275. The van der Waals surface area contributed by atoms with Crippen LogP contribution >= 0.6 is 0 Å². The second-order valence-electron chi connectivity index (χ2n) is 6.02. The smallest absolute Gasteiger partial charge is 0.119 e. The second kappa shape index (κ2) is 10.2. The quantitative estimate of drug-likeness (QED) is 0.635. The van der Waals surface area contributed by atoms with Gasteiger partial charge in [-0.1, -0.05) is 40.0 Å². The Kier molecular flexibility index (Phi) is 8.43. The van der Waals surface area contributed by atoms with Crippen LogP contribution in [0.15, 0.2) is 24.3 Å². The maximum absolute atomic E-state index is 5.78.